The van der Waals surface area contributed by atoms with Gasteiger partial charge in [-0.25, -0.2) is 9.18 Å². The Labute approximate surface area is 74.4 Å². The molecule has 0 aliphatic rings. The fourth-order valence-electron chi connectivity index (χ4n) is 0.922. The van der Waals surface area contributed by atoms with Crippen molar-refractivity contribution in [3.8, 4) is 0 Å². The summed E-state index contributed by atoms with van der Waals surface area (Å²) < 4.78 is 12.9. The zero-order valence-corrected chi connectivity index (χ0v) is 6.99. The highest BCUT2D eigenvalue weighted by Crippen LogP contribution is 2.16. The lowest BCUT2D eigenvalue weighted by Gasteiger charge is -2.06. The maximum Gasteiger partial charge on any atom is 0.337 e. The molecule has 0 unspecified atom stereocenters. The van der Waals surface area contributed by atoms with Gasteiger partial charge in [0.15, 0.2) is 6.10 Å². The van der Waals surface area contributed by atoms with Crippen LogP contribution in [0.4, 0.5) is 4.39 Å². The first kappa shape index (κ1) is 9.67. The van der Waals surface area contributed by atoms with E-state index >= 15 is 0 Å². The van der Waals surface area contributed by atoms with E-state index < -0.39 is 17.9 Å². The molecule has 3 nitrogen and oxygen atoms in total. The SMILES string of the molecule is Cc1ccc([C@@H](O)C(=O)O)cc1F. The predicted molar refractivity (Wildman–Crippen MR) is 43.7 cm³/mol. The van der Waals surface area contributed by atoms with Gasteiger partial charge in [0, 0.05) is 0 Å². The second-order valence-corrected chi connectivity index (χ2v) is 2.75. The van der Waals surface area contributed by atoms with E-state index in [1.807, 2.05) is 0 Å². The van der Waals surface area contributed by atoms with Gasteiger partial charge in [0.2, 0.25) is 0 Å². The second kappa shape index (κ2) is 3.53. The van der Waals surface area contributed by atoms with Crippen molar-refractivity contribution < 1.29 is 19.4 Å². The molecule has 70 valence electrons. The van der Waals surface area contributed by atoms with E-state index in [1.165, 1.54) is 12.1 Å². The Morgan fingerprint density at radius 2 is 2.15 bits per heavy atom. The molecular weight excluding hydrogens is 175 g/mol. The zero-order valence-electron chi connectivity index (χ0n) is 6.99. The largest absolute Gasteiger partial charge is 0.479 e. The third-order valence-corrected chi connectivity index (χ3v) is 1.75. The Morgan fingerprint density at radius 3 is 2.62 bits per heavy atom. The second-order valence-electron chi connectivity index (χ2n) is 2.75. The van der Waals surface area contributed by atoms with E-state index in [9.17, 15) is 9.18 Å². The molecule has 1 rings (SSSR count). The summed E-state index contributed by atoms with van der Waals surface area (Å²) in [6.07, 6.45) is -1.66. The molecule has 0 saturated carbocycles. The number of halogens is 1. The van der Waals surface area contributed by atoms with Crippen LogP contribution in [-0.4, -0.2) is 16.2 Å². The molecule has 2 N–H and O–H groups in total. The summed E-state index contributed by atoms with van der Waals surface area (Å²) >= 11 is 0. The highest BCUT2D eigenvalue weighted by atomic mass is 19.1. The van der Waals surface area contributed by atoms with Crippen molar-refractivity contribution in [2.75, 3.05) is 0 Å². The highest BCUT2D eigenvalue weighted by molar-refractivity contribution is 5.73. The monoisotopic (exact) mass is 184 g/mol. The lowest BCUT2D eigenvalue weighted by Crippen LogP contribution is -2.10. The fourth-order valence-corrected chi connectivity index (χ4v) is 0.922. The summed E-state index contributed by atoms with van der Waals surface area (Å²) in [6, 6.07) is 3.84. The van der Waals surface area contributed by atoms with Crippen molar-refractivity contribution in [3.63, 3.8) is 0 Å². The first-order chi connectivity index (χ1) is 6.02. The zero-order chi connectivity index (χ0) is 10.0. The number of aryl methyl sites for hydroxylation is 1. The molecule has 0 bridgehead atoms. The van der Waals surface area contributed by atoms with Gasteiger partial charge in [-0.05, 0) is 24.1 Å². The lowest BCUT2D eigenvalue weighted by molar-refractivity contribution is -0.146. The topological polar surface area (TPSA) is 57.5 Å². The number of hydrogen-bond donors (Lipinski definition) is 2. The molecule has 1 aromatic carbocycles. The van der Waals surface area contributed by atoms with E-state index in [4.69, 9.17) is 10.2 Å². The Balaban J connectivity index is 3.03. The molecule has 0 aliphatic carbocycles. The van der Waals surface area contributed by atoms with Gasteiger partial charge < -0.3 is 10.2 Å². The van der Waals surface area contributed by atoms with Crippen LogP contribution in [0, 0.1) is 12.7 Å². The molecule has 0 amide bonds. The van der Waals surface area contributed by atoms with Gasteiger partial charge in [0.1, 0.15) is 5.82 Å². The van der Waals surface area contributed by atoms with E-state index in [0.717, 1.165) is 6.07 Å². The van der Waals surface area contributed by atoms with E-state index in [2.05, 4.69) is 0 Å². The minimum Gasteiger partial charge on any atom is -0.479 e. The lowest BCUT2D eigenvalue weighted by atomic mass is 10.1. The number of aliphatic hydroxyl groups excluding tert-OH is 1. The minimum absolute atomic E-state index is 0.0515. The quantitative estimate of drug-likeness (QED) is 0.727. The van der Waals surface area contributed by atoms with Crippen molar-refractivity contribution in [3.05, 3.63) is 35.1 Å². The van der Waals surface area contributed by atoms with Gasteiger partial charge in [-0.3, -0.25) is 0 Å². The van der Waals surface area contributed by atoms with Crippen LogP contribution in [0.1, 0.15) is 17.2 Å². The van der Waals surface area contributed by atoms with Gasteiger partial charge in [-0.15, -0.1) is 0 Å². The molecule has 0 spiro atoms. The van der Waals surface area contributed by atoms with Crippen molar-refractivity contribution in [2.24, 2.45) is 0 Å². The van der Waals surface area contributed by atoms with Crippen LogP contribution in [-0.2, 0) is 4.79 Å². The fraction of sp³-hybridized carbons (Fsp3) is 0.222. The highest BCUT2D eigenvalue weighted by Gasteiger charge is 2.16. The van der Waals surface area contributed by atoms with Crippen LogP contribution in [0.25, 0.3) is 0 Å². The standard InChI is InChI=1S/C9H9FO3/c1-5-2-3-6(4-7(5)10)8(11)9(12)13/h2-4,8,11H,1H3,(H,12,13)/t8-/m1/s1. The van der Waals surface area contributed by atoms with Crippen LogP contribution in [0.2, 0.25) is 0 Å². The summed E-state index contributed by atoms with van der Waals surface area (Å²) in [5.41, 5.74) is 0.469. The number of rotatable bonds is 2. The molecular formula is C9H9FO3. The Morgan fingerprint density at radius 1 is 1.54 bits per heavy atom. The number of hydrogen-bond acceptors (Lipinski definition) is 2. The predicted octanol–water partition coefficient (Wildman–Crippen LogP) is 1.25. The molecule has 13 heavy (non-hydrogen) atoms. The van der Waals surface area contributed by atoms with Gasteiger partial charge >= 0.3 is 5.97 Å². The molecule has 0 heterocycles. The van der Waals surface area contributed by atoms with Crippen LogP contribution in [0.5, 0.6) is 0 Å². The van der Waals surface area contributed by atoms with Crippen LogP contribution in [0.15, 0.2) is 18.2 Å². The van der Waals surface area contributed by atoms with Crippen LogP contribution in [0.3, 0.4) is 0 Å². The summed E-state index contributed by atoms with van der Waals surface area (Å²) in [5, 5.41) is 17.5. The normalized spacial score (nSPS) is 12.5. The molecule has 0 aromatic heterocycles. The van der Waals surface area contributed by atoms with Crippen LogP contribution < -0.4 is 0 Å². The van der Waals surface area contributed by atoms with Gasteiger partial charge in [-0.1, -0.05) is 12.1 Å². The summed E-state index contributed by atoms with van der Waals surface area (Å²) in [6.45, 7) is 1.56. The summed E-state index contributed by atoms with van der Waals surface area (Å²) in [7, 11) is 0. The summed E-state index contributed by atoms with van der Waals surface area (Å²) in [4.78, 5) is 10.3. The van der Waals surface area contributed by atoms with Gasteiger partial charge in [0.05, 0.1) is 0 Å². The first-order valence-electron chi connectivity index (χ1n) is 3.69. The Hall–Kier alpha value is -1.42. The third kappa shape index (κ3) is 2.03. The molecule has 1 aromatic rings. The average molecular weight is 184 g/mol. The Kier molecular flexibility index (Phi) is 2.63. The van der Waals surface area contributed by atoms with E-state index in [-0.39, 0.29) is 5.56 Å². The van der Waals surface area contributed by atoms with E-state index in [0.29, 0.717) is 5.56 Å². The third-order valence-electron chi connectivity index (χ3n) is 1.75. The number of aliphatic carboxylic acids is 1. The molecule has 0 radical (unpaired) electrons. The maximum atomic E-state index is 12.9. The number of carbonyl (C=O) groups is 1. The number of carboxylic acid groups (broad SMARTS) is 1. The van der Waals surface area contributed by atoms with Crippen molar-refractivity contribution in [1.82, 2.24) is 0 Å². The van der Waals surface area contributed by atoms with Crippen molar-refractivity contribution in [2.45, 2.75) is 13.0 Å². The van der Waals surface area contributed by atoms with Crippen LogP contribution >= 0.6 is 0 Å². The van der Waals surface area contributed by atoms with Crippen molar-refractivity contribution >= 4 is 5.97 Å². The molecule has 0 saturated heterocycles. The minimum atomic E-state index is -1.66. The Bertz CT molecular complexity index is 336. The van der Waals surface area contributed by atoms with E-state index in [1.54, 1.807) is 6.92 Å². The number of benzene rings is 1. The first-order valence-corrected chi connectivity index (χ1v) is 3.69. The molecule has 4 heteroatoms. The maximum absolute atomic E-state index is 12.9. The van der Waals surface area contributed by atoms with Gasteiger partial charge in [-0.2, -0.15) is 0 Å². The molecule has 0 fully saturated rings. The van der Waals surface area contributed by atoms with Crippen molar-refractivity contribution in [1.29, 1.82) is 0 Å². The molecule has 1 atom stereocenters. The molecule has 0 aliphatic heterocycles. The van der Waals surface area contributed by atoms with Gasteiger partial charge in [0.25, 0.3) is 0 Å². The smallest absolute Gasteiger partial charge is 0.337 e. The number of aliphatic hydroxyl groups is 1. The summed E-state index contributed by atoms with van der Waals surface area (Å²) in [5.74, 6) is -1.90. The number of carboxylic acids is 1. The average Bonchev–Trinajstić information content (AvgIpc) is 2.08.